The van der Waals surface area contributed by atoms with Crippen LogP contribution in [0.3, 0.4) is 0 Å². The van der Waals surface area contributed by atoms with Gasteiger partial charge in [-0.1, -0.05) is 12.1 Å². The molecule has 0 fully saturated rings. The minimum atomic E-state index is -0.525. The van der Waals surface area contributed by atoms with Gasteiger partial charge in [-0.2, -0.15) is 10.2 Å². The molecule has 0 saturated carbocycles. The van der Waals surface area contributed by atoms with Crippen molar-refractivity contribution in [2.24, 2.45) is 0 Å². The van der Waals surface area contributed by atoms with E-state index < -0.39 is 11.7 Å². The molecule has 0 atom stereocenters. The van der Waals surface area contributed by atoms with E-state index in [4.69, 9.17) is 10.00 Å². The predicted octanol–water partition coefficient (Wildman–Crippen LogP) is 3.56. The summed E-state index contributed by atoms with van der Waals surface area (Å²) in [6, 6.07) is 14.7. The number of hydrogen-bond acceptors (Lipinski definition) is 6. The molecule has 7 nitrogen and oxygen atoms in total. The van der Waals surface area contributed by atoms with E-state index in [1.165, 1.54) is 18.2 Å². The topological polar surface area (TPSA) is 99.9 Å². The fourth-order valence-electron chi connectivity index (χ4n) is 2.27. The van der Waals surface area contributed by atoms with Gasteiger partial charge in [-0.15, -0.1) is 0 Å². The Balaban J connectivity index is 1.63. The lowest BCUT2D eigenvalue weighted by Crippen LogP contribution is -2.21. The molecule has 3 rings (SSSR count). The molecule has 28 heavy (non-hydrogen) atoms. The molecule has 0 aliphatic rings. The smallest absolute Gasteiger partial charge is 0.262 e. The highest BCUT2D eigenvalue weighted by molar-refractivity contribution is 5.91. The first-order valence-corrected chi connectivity index (χ1v) is 8.33. The van der Waals surface area contributed by atoms with E-state index in [1.54, 1.807) is 43.5 Å². The highest BCUT2D eigenvalue weighted by Gasteiger charge is 2.10. The summed E-state index contributed by atoms with van der Waals surface area (Å²) in [5, 5.41) is 14.3. The number of rotatable bonds is 6. The number of aryl methyl sites for hydroxylation is 1. The summed E-state index contributed by atoms with van der Waals surface area (Å²) in [5.41, 5.74) is 1.97. The third kappa shape index (κ3) is 4.80. The number of anilines is 3. The van der Waals surface area contributed by atoms with Crippen molar-refractivity contribution in [1.82, 2.24) is 9.97 Å². The number of halogens is 1. The molecule has 0 saturated heterocycles. The monoisotopic (exact) mass is 377 g/mol. The second-order valence-corrected chi connectivity index (χ2v) is 5.81. The van der Waals surface area contributed by atoms with Gasteiger partial charge in [0.15, 0.2) is 6.61 Å². The fraction of sp³-hybridized carbons (Fsp3) is 0.100. The summed E-state index contributed by atoms with van der Waals surface area (Å²) in [6.07, 6.45) is 1.56. The second kappa shape index (κ2) is 8.60. The predicted molar refractivity (Wildman–Crippen MR) is 102 cm³/mol. The minimum Gasteiger partial charge on any atom is -0.467 e. The van der Waals surface area contributed by atoms with Crippen LogP contribution in [-0.2, 0) is 4.79 Å². The molecule has 0 aliphatic heterocycles. The molecular weight excluding hydrogens is 361 g/mol. The highest BCUT2D eigenvalue weighted by atomic mass is 19.1. The number of hydrogen-bond donors (Lipinski definition) is 2. The van der Waals surface area contributed by atoms with Crippen LogP contribution in [0.1, 0.15) is 11.1 Å². The van der Waals surface area contributed by atoms with E-state index in [9.17, 15) is 9.18 Å². The first-order valence-electron chi connectivity index (χ1n) is 8.33. The van der Waals surface area contributed by atoms with Gasteiger partial charge < -0.3 is 15.4 Å². The standard InChI is InChI=1S/C20H16FN5O2/c1-13-11-23-20(24-15-8-6-14(10-22)7-9-15)26-19(13)28-12-18(27)25-17-5-3-2-4-16(17)21/h2-9,11H,12H2,1H3,(H,25,27)(H,23,24,26). The quantitative estimate of drug-likeness (QED) is 0.681. The zero-order chi connectivity index (χ0) is 19.9. The molecule has 1 amide bonds. The van der Waals surface area contributed by atoms with Gasteiger partial charge in [0.25, 0.3) is 5.91 Å². The first-order chi connectivity index (χ1) is 13.5. The van der Waals surface area contributed by atoms with Gasteiger partial charge in [0, 0.05) is 17.4 Å². The second-order valence-electron chi connectivity index (χ2n) is 5.81. The Morgan fingerprint density at radius 3 is 2.68 bits per heavy atom. The van der Waals surface area contributed by atoms with Gasteiger partial charge >= 0.3 is 0 Å². The molecule has 1 heterocycles. The number of ether oxygens (including phenoxy) is 1. The van der Waals surface area contributed by atoms with Crippen molar-refractivity contribution in [2.75, 3.05) is 17.2 Å². The van der Waals surface area contributed by atoms with Gasteiger partial charge in [0.2, 0.25) is 11.8 Å². The molecule has 1 aromatic heterocycles. The molecule has 0 spiro atoms. The molecule has 0 unspecified atom stereocenters. The molecule has 0 aliphatic carbocycles. The number of nitriles is 1. The summed E-state index contributed by atoms with van der Waals surface area (Å²) >= 11 is 0. The number of aromatic nitrogens is 2. The Morgan fingerprint density at radius 1 is 1.21 bits per heavy atom. The number of para-hydroxylation sites is 1. The van der Waals surface area contributed by atoms with Crippen LogP contribution in [0.5, 0.6) is 5.88 Å². The van der Waals surface area contributed by atoms with Gasteiger partial charge in [-0.3, -0.25) is 4.79 Å². The van der Waals surface area contributed by atoms with E-state index in [0.717, 1.165) is 0 Å². The molecule has 3 aromatic rings. The van der Waals surface area contributed by atoms with Crippen LogP contribution in [0, 0.1) is 24.1 Å². The molecule has 8 heteroatoms. The summed E-state index contributed by atoms with van der Waals surface area (Å²) in [7, 11) is 0. The lowest BCUT2D eigenvalue weighted by Gasteiger charge is -2.11. The van der Waals surface area contributed by atoms with Gasteiger partial charge in [0.1, 0.15) is 5.82 Å². The lowest BCUT2D eigenvalue weighted by molar-refractivity contribution is -0.118. The van der Waals surface area contributed by atoms with E-state index in [2.05, 4.69) is 20.6 Å². The zero-order valence-electron chi connectivity index (χ0n) is 14.9. The molecule has 2 N–H and O–H groups in total. The maximum atomic E-state index is 13.6. The maximum absolute atomic E-state index is 13.6. The van der Waals surface area contributed by atoms with Crippen molar-refractivity contribution in [3.8, 4) is 11.9 Å². The van der Waals surface area contributed by atoms with Gasteiger partial charge in [-0.25, -0.2) is 9.37 Å². The van der Waals surface area contributed by atoms with Crippen molar-refractivity contribution in [3.05, 3.63) is 71.7 Å². The third-order valence-electron chi connectivity index (χ3n) is 3.68. The zero-order valence-corrected chi connectivity index (χ0v) is 14.9. The lowest BCUT2D eigenvalue weighted by atomic mass is 10.2. The summed E-state index contributed by atoms with van der Waals surface area (Å²) in [4.78, 5) is 20.4. The van der Waals surface area contributed by atoms with Crippen LogP contribution in [0.2, 0.25) is 0 Å². The largest absolute Gasteiger partial charge is 0.467 e. The molecule has 0 radical (unpaired) electrons. The average molecular weight is 377 g/mol. The normalized spacial score (nSPS) is 10.0. The fourth-order valence-corrected chi connectivity index (χ4v) is 2.27. The Kier molecular flexibility index (Phi) is 5.77. The van der Waals surface area contributed by atoms with Crippen LogP contribution in [0.25, 0.3) is 0 Å². The Labute approximate surface area is 160 Å². The first kappa shape index (κ1) is 18.8. The molecule has 140 valence electrons. The van der Waals surface area contributed by atoms with Crippen molar-refractivity contribution >= 4 is 23.2 Å². The van der Waals surface area contributed by atoms with E-state index in [1.807, 2.05) is 6.07 Å². The number of benzene rings is 2. The van der Waals surface area contributed by atoms with E-state index >= 15 is 0 Å². The van der Waals surface area contributed by atoms with Crippen molar-refractivity contribution in [1.29, 1.82) is 5.26 Å². The van der Waals surface area contributed by atoms with E-state index in [0.29, 0.717) is 16.8 Å². The van der Waals surface area contributed by atoms with Crippen LogP contribution in [0.4, 0.5) is 21.7 Å². The number of nitrogens with zero attached hydrogens (tertiary/aromatic N) is 3. The van der Waals surface area contributed by atoms with Crippen LogP contribution in [0.15, 0.2) is 54.7 Å². The van der Waals surface area contributed by atoms with Gasteiger partial charge in [0.05, 0.1) is 17.3 Å². The SMILES string of the molecule is Cc1cnc(Nc2ccc(C#N)cc2)nc1OCC(=O)Nc1ccccc1F. The molecule has 0 bridgehead atoms. The highest BCUT2D eigenvalue weighted by Crippen LogP contribution is 2.19. The van der Waals surface area contributed by atoms with Crippen LogP contribution < -0.4 is 15.4 Å². The summed E-state index contributed by atoms with van der Waals surface area (Å²) in [6.45, 7) is 1.41. The number of carbonyl (C=O) groups excluding carboxylic acids is 1. The third-order valence-corrected chi connectivity index (χ3v) is 3.68. The average Bonchev–Trinajstić information content (AvgIpc) is 2.71. The maximum Gasteiger partial charge on any atom is 0.262 e. The van der Waals surface area contributed by atoms with Gasteiger partial charge in [-0.05, 0) is 43.3 Å². The van der Waals surface area contributed by atoms with Crippen LogP contribution in [-0.4, -0.2) is 22.5 Å². The van der Waals surface area contributed by atoms with Crippen LogP contribution >= 0.6 is 0 Å². The number of nitrogens with one attached hydrogen (secondary N) is 2. The van der Waals surface area contributed by atoms with E-state index in [-0.39, 0.29) is 24.1 Å². The minimum absolute atomic E-state index is 0.0821. The van der Waals surface area contributed by atoms with Crippen molar-refractivity contribution < 1.29 is 13.9 Å². The van der Waals surface area contributed by atoms with Crippen molar-refractivity contribution in [2.45, 2.75) is 6.92 Å². The number of carbonyl (C=O) groups is 1. The summed E-state index contributed by atoms with van der Waals surface area (Å²) < 4.78 is 19.0. The summed E-state index contributed by atoms with van der Waals surface area (Å²) in [5.74, 6) is -0.526. The Morgan fingerprint density at radius 2 is 1.96 bits per heavy atom. The molecule has 2 aromatic carbocycles. The number of amides is 1. The Bertz CT molecular complexity index is 1030. The molecular formula is C20H16FN5O2. The van der Waals surface area contributed by atoms with Crippen molar-refractivity contribution in [3.63, 3.8) is 0 Å². The Hall–Kier alpha value is -3.99.